The van der Waals surface area contributed by atoms with E-state index in [0.29, 0.717) is 6.42 Å². The van der Waals surface area contributed by atoms with Gasteiger partial charge in [0.1, 0.15) is 0 Å². The number of amides is 1. The molecule has 1 amide bonds. The van der Waals surface area contributed by atoms with Gasteiger partial charge >= 0.3 is 0 Å². The van der Waals surface area contributed by atoms with E-state index in [1.54, 1.807) is 11.1 Å². The first kappa shape index (κ1) is 21.1. The van der Waals surface area contributed by atoms with Crippen molar-refractivity contribution in [2.45, 2.75) is 12.5 Å². The van der Waals surface area contributed by atoms with E-state index in [9.17, 15) is 4.79 Å². The van der Waals surface area contributed by atoms with Crippen LogP contribution in [0, 0.1) is 0 Å². The molecule has 4 nitrogen and oxygen atoms in total. The standard InChI is InChI=1S/C26H24BrN3O/c1-29(2)23-14-12-20(13-15-23)24-18-25(21-9-6-10-22(27)17-21)30(28-24)26(31)16-11-19-7-4-3-5-8-19/h3-17,25H,18H2,1-2H3. The van der Waals surface area contributed by atoms with E-state index in [-0.39, 0.29) is 11.9 Å². The summed E-state index contributed by atoms with van der Waals surface area (Å²) in [5.74, 6) is -0.131. The summed E-state index contributed by atoms with van der Waals surface area (Å²) in [5, 5.41) is 6.36. The molecular formula is C26H24BrN3O. The SMILES string of the molecule is CN(C)c1ccc(C2=NN(C(=O)C=Cc3ccccc3)C(c3cccc(Br)c3)C2)cc1. The van der Waals surface area contributed by atoms with Crippen molar-refractivity contribution in [3.8, 4) is 0 Å². The highest BCUT2D eigenvalue weighted by Gasteiger charge is 2.32. The second-order valence-corrected chi connectivity index (χ2v) is 8.61. The summed E-state index contributed by atoms with van der Waals surface area (Å²) < 4.78 is 0.987. The Bertz CT molecular complexity index is 1120. The first-order valence-corrected chi connectivity index (χ1v) is 11.0. The Morgan fingerprint density at radius 3 is 2.45 bits per heavy atom. The van der Waals surface area contributed by atoms with E-state index in [2.05, 4.69) is 51.2 Å². The summed E-state index contributed by atoms with van der Waals surface area (Å²) in [5.41, 5.74) is 5.12. The van der Waals surface area contributed by atoms with Crippen molar-refractivity contribution in [1.82, 2.24) is 5.01 Å². The number of hydrazone groups is 1. The number of nitrogens with zero attached hydrogens (tertiary/aromatic N) is 3. The fourth-order valence-corrected chi connectivity index (χ4v) is 4.04. The average Bonchev–Trinajstić information content (AvgIpc) is 3.24. The van der Waals surface area contributed by atoms with Crippen molar-refractivity contribution < 1.29 is 4.79 Å². The van der Waals surface area contributed by atoms with Gasteiger partial charge in [-0.25, -0.2) is 5.01 Å². The van der Waals surface area contributed by atoms with Crippen molar-refractivity contribution in [1.29, 1.82) is 0 Å². The van der Waals surface area contributed by atoms with Gasteiger partial charge in [-0.3, -0.25) is 4.79 Å². The lowest BCUT2D eigenvalue weighted by Gasteiger charge is -2.21. The molecule has 4 rings (SSSR count). The second kappa shape index (κ2) is 9.31. The lowest BCUT2D eigenvalue weighted by Crippen LogP contribution is -2.25. The summed E-state index contributed by atoms with van der Waals surface area (Å²) in [4.78, 5) is 15.2. The van der Waals surface area contributed by atoms with Crippen molar-refractivity contribution in [2.24, 2.45) is 5.10 Å². The van der Waals surface area contributed by atoms with Crippen LogP contribution in [0.25, 0.3) is 6.08 Å². The van der Waals surface area contributed by atoms with Gasteiger partial charge in [0.25, 0.3) is 5.91 Å². The molecule has 0 fully saturated rings. The number of carbonyl (C=O) groups is 1. The molecule has 0 saturated heterocycles. The Morgan fingerprint density at radius 2 is 1.77 bits per heavy atom. The lowest BCUT2D eigenvalue weighted by atomic mass is 9.98. The van der Waals surface area contributed by atoms with Gasteiger partial charge in [0.15, 0.2) is 0 Å². The van der Waals surface area contributed by atoms with Crippen LogP contribution < -0.4 is 4.90 Å². The molecule has 3 aromatic carbocycles. The molecule has 0 aliphatic carbocycles. The molecule has 0 radical (unpaired) electrons. The summed E-state index contributed by atoms with van der Waals surface area (Å²) in [6, 6.07) is 26.0. The number of halogens is 1. The average molecular weight is 474 g/mol. The van der Waals surface area contributed by atoms with Crippen LogP contribution in [0.3, 0.4) is 0 Å². The van der Waals surface area contributed by atoms with Crippen molar-refractivity contribution in [3.05, 3.63) is 106 Å². The predicted octanol–water partition coefficient (Wildman–Crippen LogP) is 5.91. The smallest absolute Gasteiger partial charge is 0.267 e. The minimum absolute atomic E-state index is 0.131. The van der Waals surface area contributed by atoms with Crippen molar-refractivity contribution >= 4 is 39.3 Å². The number of hydrogen-bond donors (Lipinski definition) is 0. The van der Waals surface area contributed by atoms with Crippen LogP contribution in [0.15, 0.2) is 94.5 Å². The van der Waals surface area contributed by atoms with E-state index in [4.69, 9.17) is 5.10 Å². The van der Waals surface area contributed by atoms with Crippen molar-refractivity contribution in [3.63, 3.8) is 0 Å². The van der Waals surface area contributed by atoms with Gasteiger partial charge in [-0.05, 0) is 47.0 Å². The summed E-state index contributed by atoms with van der Waals surface area (Å²) >= 11 is 3.55. The maximum Gasteiger partial charge on any atom is 0.267 e. The van der Waals surface area contributed by atoms with Gasteiger partial charge in [0, 0.05) is 36.8 Å². The number of hydrogen-bond acceptors (Lipinski definition) is 3. The Hall–Kier alpha value is -3.18. The van der Waals surface area contributed by atoms with Crippen LogP contribution in [0.1, 0.15) is 29.2 Å². The van der Waals surface area contributed by atoms with Crippen molar-refractivity contribution in [2.75, 3.05) is 19.0 Å². The minimum Gasteiger partial charge on any atom is -0.378 e. The van der Waals surface area contributed by atoms with Gasteiger partial charge in [-0.2, -0.15) is 5.10 Å². The molecule has 1 atom stereocenters. The molecule has 5 heteroatoms. The zero-order valence-electron chi connectivity index (χ0n) is 17.6. The van der Waals surface area contributed by atoms with Gasteiger partial charge in [-0.15, -0.1) is 0 Å². The van der Waals surface area contributed by atoms with Gasteiger partial charge in [-0.1, -0.05) is 70.5 Å². The Kier molecular flexibility index (Phi) is 6.33. The topological polar surface area (TPSA) is 35.9 Å². The zero-order chi connectivity index (χ0) is 21.8. The highest BCUT2D eigenvalue weighted by molar-refractivity contribution is 9.10. The Labute approximate surface area is 191 Å². The first-order valence-electron chi connectivity index (χ1n) is 10.2. The quantitative estimate of drug-likeness (QED) is 0.432. The monoisotopic (exact) mass is 473 g/mol. The largest absolute Gasteiger partial charge is 0.378 e. The summed E-state index contributed by atoms with van der Waals surface area (Å²) in [7, 11) is 4.04. The number of benzene rings is 3. The van der Waals surface area contributed by atoms with E-state index in [0.717, 1.165) is 32.6 Å². The summed E-state index contributed by atoms with van der Waals surface area (Å²) in [6.07, 6.45) is 4.10. The van der Waals surface area contributed by atoms with Gasteiger partial charge in [0.05, 0.1) is 11.8 Å². The van der Waals surface area contributed by atoms with Crippen LogP contribution >= 0.6 is 15.9 Å². The molecular weight excluding hydrogens is 450 g/mol. The van der Waals surface area contributed by atoms with Crippen LogP contribution in [-0.2, 0) is 4.79 Å². The Balaban J connectivity index is 1.65. The molecule has 1 heterocycles. The molecule has 0 saturated carbocycles. The maximum absolute atomic E-state index is 13.1. The first-order chi connectivity index (χ1) is 15.0. The van der Waals surface area contributed by atoms with E-state index in [1.807, 2.05) is 68.7 Å². The predicted molar refractivity (Wildman–Crippen MR) is 131 cm³/mol. The van der Waals surface area contributed by atoms with Crippen LogP contribution in [0.4, 0.5) is 5.69 Å². The third-order valence-corrected chi connectivity index (χ3v) is 5.80. The number of rotatable bonds is 5. The van der Waals surface area contributed by atoms with E-state index in [1.165, 1.54) is 0 Å². The molecule has 3 aromatic rings. The molecule has 31 heavy (non-hydrogen) atoms. The fourth-order valence-electron chi connectivity index (χ4n) is 3.62. The normalized spacial score (nSPS) is 15.9. The van der Waals surface area contributed by atoms with Gasteiger partial charge < -0.3 is 4.90 Å². The third kappa shape index (κ3) is 4.94. The molecule has 156 valence electrons. The number of carbonyl (C=O) groups excluding carboxylic acids is 1. The lowest BCUT2D eigenvalue weighted by molar-refractivity contribution is -0.127. The third-order valence-electron chi connectivity index (χ3n) is 5.30. The van der Waals surface area contributed by atoms with E-state index < -0.39 is 0 Å². The second-order valence-electron chi connectivity index (χ2n) is 7.69. The molecule has 1 aliphatic rings. The van der Waals surface area contributed by atoms with Crippen LogP contribution in [0.2, 0.25) is 0 Å². The fraction of sp³-hybridized carbons (Fsp3) is 0.154. The van der Waals surface area contributed by atoms with Crippen LogP contribution in [0.5, 0.6) is 0 Å². The molecule has 1 unspecified atom stereocenters. The molecule has 0 N–H and O–H groups in total. The highest BCUT2D eigenvalue weighted by atomic mass is 79.9. The van der Waals surface area contributed by atoms with Crippen LogP contribution in [-0.4, -0.2) is 30.7 Å². The Morgan fingerprint density at radius 1 is 1.03 bits per heavy atom. The highest BCUT2D eigenvalue weighted by Crippen LogP contribution is 2.34. The molecule has 0 aromatic heterocycles. The molecule has 1 aliphatic heterocycles. The zero-order valence-corrected chi connectivity index (χ0v) is 19.2. The summed E-state index contributed by atoms with van der Waals surface area (Å²) in [6.45, 7) is 0. The molecule has 0 spiro atoms. The maximum atomic E-state index is 13.1. The molecule has 0 bridgehead atoms. The van der Waals surface area contributed by atoms with E-state index >= 15 is 0 Å². The number of anilines is 1. The van der Waals surface area contributed by atoms with Gasteiger partial charge in [0.2, 0.25) is 0 Å². The minimum atomic E-state index is -0.144.